The molecule has 3 heterocycles. The van der Waals surface area contributed by atoms with Gasteiger partial charge in [0.2, 0.25) is 0 Å². The number of carbonyl (C=O) groups excluding carboxylic acids is 1. The van der Waals surface area contributed by atoms with Gasteiger partial charge in [0.05, 0.1) is 16.8 Å². The average molecular weight is 520 g/mol. The van der Waals surface area contributed by atoms with Gasteiger partial charge in [0.25, 0.3) is 5.56 Å². The van der Waals surface area contributed by atoms with E-state index < -0.39 is 0 Å². The molecule has 0 atom stereocenters. The van der Waals surface area contributed by atoms with Gasteiger partial charge in [0.1, 0.15) is 4.83 Å². The van der Waals surface area contributed by atoms with E-state index in [0.29, 0.717) is 26.8 Å². The molecule has 0 saturated heterocycles. The molecular weight excluding hydrogens is 498 g/mol. The van der Waals surface area contributed by atoms with E-state index in [9.17, 15) is 9.59 Å². The fourth-order valence-electron chi connectivity index (χ4n) is 4.74. The first kappa shape index (κ1) is 22.6. The molecular formula is C27H22ClN3O2S2. The number of Topliss-reactive ketones (excluding diaryl/α,β-unsaturated/α-hetero) is 1. The number of aromatic amines is 1. The van der Waals surface area contributed by atoms with Crippen molar-refractivity contribution < 1.29 is 4.79 Å². The maximum absolute atomic E-state index is 13.9. The summed E-state index contributed by atoms with van der Waals surface area (Å²) >= 11 is 9.34. The number of aryl methyl sites for hydroxylation is 3. The monoisotopic (exact) mass is 519 g/mol. The van der Waals surface area contributed by atoms with Crippen molar-refractivity contribution >= 4 is 61.6 Å². The molecule has 0 bridgehead atoms. The number of thiophene rings is 1. The van der Waals surface area contributed by atoms with Crippen molar-refractivity contribution in [3.8, 4) is 5.69 Å². The Bertz CT molecular complexity index is 1680. The SMILES string of the molecule is Cc1ccc(-n2c(SCC(=O)c3c[nH]c4ccccc34)nc3sc4c(c3c2=O)CCCC4)cc1Cl. The highest BCUT2D eigenvalue weighted by atomic mass is 35.5. The zero-order valence-electron chi connectivity index (χ0n) is 19.1. The Morgan fingerprint density at radius 3 is 2.89 bits per heavy atom. The van der Waals surface area contributed by atoms with E-state index in [4.69, 9.17) is 16.6 Å². The topological polar surface area (TPSA) is 67.8 Å². The molecule has 1 aliphatic carbocycles. The number of thioether (sulfide) groups is 1. The summed E-state index contributed by atoms with van der Waals surface area (Å²) in [4.78, 5) is 37.2. The molecule has 0 saturated carbocycles. The summed E-state index contributed by atoms with van der Waals surface area (Å²) in [5.41, 5.74) is 4.24. The Morgan fingerprint density at radius 2 is 2.03 bits per heavy atom. The van der Waals surface area contributed by atoms with E-state index >= 15 is 0 Å². The van der Waals surface area contributed by atoms with Crippen LogP contribution in [0.1, 0.15) is 39.2 Å². The number of ketones is 1. The zero-order chi connectivity index (χ0) is 24.1. The lowest BCUT2D eigenvalue weighted by Crippen LogP contribution is -2.22. The molecule has 0 spiro atoms. The van der Waals surface area contributed by atoms with Crippen LogP contribution < -0.4 is 5.56 Å². The maximum atomic E-state index is 13.9. The molecule has 0 radical (unpaired) electrons. The number of carbonyl (C=O) groups is 1. The van der Waals surface area contributed by atoms with Gasteiger partial charge in [-0.05, 0) is 61.9 Å². The van der Waals surface area contributed by atoms with Crippen LogP contribution in [-0.2, 0) is 12.8 Å². The van der Waals surface area contributed by atoms with Crippen LogP contribution in [0.15, 0.2) is 58.6 Å². The Labute approximate surface area is 215 Å². The van der Waals surface area contributed by atoms with Gasteiger partial charge in [-0.15, -0.1) is 11.3 Å². The summed E-state index contributed by atoms with van der Waals surface area (Å²) in [5.74, 6) is 0.158. The van der Waals surface area contributed by atoms with E-state index in [-0.39, 0.29) is 17.1 Å². The molecule has 3 aromatic heterocycles. The molecule has 0 fully saturated rings. The van der Waals surface area contributed by atoms with E-state index in [1.165, 1.54) is 16.6 Å². The van der Waals surface area contributed by atoms with Gasteiger partial charge in [0.15, 0.2) is 10.9 Å². The molecule has 5 aromatic rings. The Kier molecular flexibility index (Phi) is 5.79. The third-order valence-corrected chi connectivity index (χ3v) is 9.13. The largest absolute Gasteiger partial charge is 0.360 e. The summed E-state index contributed by atoms with van der Waals surface area (Å²) in [5, 5.41) is 2.71. The Morgan fingerprint density at radius 1 is 1.20 bits per heavy atom. The number of nitrogens with one attached hydrogen (secondary N) is 1. The van der Waals surface area contributed by atoms with Crippen molar-refractivity contribution in [2.45, 2.75) is 37.8 Å². The number of hydrogen-bond donors (Lipinski definition) is 1. The van der Waals surface area contributed by atoms with E-state index in [1.807, 2.05) is 43.3 Å². The highest BCUT2D eigenvalue weighted by molar-refractivity contribution is 7.99. The summed E-state index contributed by atoms with van der Waals surface area (Å²) in [6.07, 6.45) is 5.89. The standard InChI is InChI=1S/C27H22ClN3O2S2/c1-15-10-11-16(12-20(15)28)31-26(33)24-18-7-3-5-9-23(18)35-25(24)30-27(31)34-14-22(32)19-13-29-21-8-4-2-6-17(19)21/h2,4,6,8,10-13,29H,3,5,7,9,14H2,1H3. The average Bonchev–Trinajstić information content (AvgIpc) is 3.46. The molecule has 6 rings (SSSR count). The molecule has 35 heavy (non-hydrogen) atoms. The Balaban J connectivity index is 1.45. The number of halogens is 1. The van der Waals surface area contributed by atoms with Crippen molar-refractivity contribution in [2.75, 3.05) is 5.75 Å². The minimum absolute atomic E-state index is 0.0132. The number of aromatic nitrogens is 3. The number of para-hydroxylation sites is 1. The van der Waals surface area contributed by atoms with Crippen LogP contribution in [0.5, 0.6) is 0 Å². The second kappa shape index (κ2) is 8.97. The first-order valence-corrected chi connectivity index (χ1v) is 13.7. The summed E-state index contributed by atoms with van der Waals surface area (Å²) in [6, 6.07) is 13.3. The number of benzene rings is 2. The van der Waals surface area contributed by atoms with Crippen molar-refractivity contribution in [1.82, 2.24) is 14.5 Å². The second-order valence-corrected chi connectivity index (χ2v) is 11.3. The highest BCUT2D eigenvalue weighted by Crippen LogP contribution is 2.35. The molecule has 8 heteroatoms. The third-order valence-electron chi connectivity index (χ3n) is 6.59. The van der Waals surface area contributed by atoms with Gasteiger partial charge in [-0.25, -0.2) is 4.98 Å². The van der Waals surface area contributed by atoms with Crippen LogP contribution >= 0.6 is 34.7 Å². The van der Waals surface area contributed by atoms with E-state index in [1.54, 1.807) is 28.2 Å². The predicted molar refractivity (Wildman–Crippen MR) is 145 cm³/mol. The third kappa shape index (κ3) is 3.92. The quantitative estimate of drug-likeness (QED) is 0.158. The molecule has 0 unspecified atom stereocenters. The highest BCUT2D eigenvalue weighted by Gasteiger charge is 2.24. The van der Waals surface area contributed by atoms with Gasteiger partial charge < -0.3 is 4.98 Å². The van der Waals surface area contributed by atoms with Gasteiger partial charge in [-0.1, -0.05) is 47.6 Å². The van der Waals surface area contributed by atoms with Crippen LogP contribution in [0.4, 0.5) is 0 Å². The van der Waals surface area contributed by atoms with Crippen molar-refractivity contribution in [1.29, 1.82) is 0 Å². The maximum Gasteiger partial charge on any atom is 0.267 e. The summed E-state index contributed by atoms with van der Waals surface area (Å²) < 4.78 is 1.63. The number of rotatable bonds is 5. The van der Waals surface area contributed by atoms with Gasteiger partial charge in [0, 0.05) is 32.6 Å². The van der Waals surface area contributed by atoms with Crippen LogP contribution in [0, 0.1) is 6.92 Å². The normalized spacial score (nSPS) is 13.4. The van der Waals surface area contributed by atoms with Crippen LogP contribution in [0.25, 0.3) is 26.8 Å². The first-order valence-electron chi connectivity index (χ1n) is 11.6. The molecule has 1 aliphatic rings. The molecule has 0 aliphatic heterocycles. The Hall–Kier alpha value is -2.87. The van der Waals surface area contributed by atoms with E-state index in [0.717, 1.165) is 52.5 Å². The predicted octanol–water partition coefficient (Wildman–Crippen LogP) is 6.74. The molecule has 0 amide bonds. The fourth-order valence-corrected chi connectivity index (χ4v) is 7.12. The smallest absolute Gasteiger partial charge is 0.267 e. The lowest BCUT2D eigenvalue weighted by atomic mass is 9.97. The summed E-state index contributed by atoms with van der Waals surface area (Å²) in [6.45, 7) is 1.93. The van der Waals surface area contributed by atoms with Crippen molar-refractivity contribution in [2.24, 2.45) is 0 Å². The van der Waals surface area contributed by atoms with Crippen LogP contribution in [0.2, 0.25) is 5.02 Å². The first-order chi connectivity index (χ1) is 17.0. The van der Waals surface area contributed by atoms with Gasteiger partial charge >= 0.3 is 0 Å². The lowest BCUT2D eigenvalue weighted by Gasteiger charge is -2.14. The molecule has 2 aromatic carbocycles. The lowest BCUT2D eigenvalue weighted by molar-refractivity contribution is 0.102. The minimum atomic E-state index is -0.0867. The molecule has 1 N–H and O–H groups in total. The van der Waals surface area contributed by atoms with Crippen LogP contribution in [0.3, 0.4) is 0 Å². The fraction of sp³-hybridized carbons (Fsp3) is 0.222. The van der Waals surface area contributed by atoms with Gasteiger partial charge in [-0.3, -0.25) is 14.2 Å². The zero-order valence-corrected chi connectivity index (χ0v) is 21.4. The number of nitrogens with zero attached hydrogens (tertiary/aromatic N) is 2. The van der Waals surface area contributed by atoms with Crippen molar-refractivity contribution in [3.05, 3.63) is 85.6 Å². The number of hydrogen-bond acceptors (Lipinski definition) is 5. The van der Waals surface area contributed by atoms with Gasteiger partial charge in [-0.2, -0.15) is 0 Å². The van der Waals surface area contributed by atoms with Crippen LogP contribution in [-0.4, -0.2) is 26.1 Å². The number of H-pyrrole nitrogens is 1. The molecule has 176 valence electrons. The molecule has 5 nitrogen and oxygen atoms in total. The van der Waals surface area contributed by atoms with E-state index in [2.05, 4.69) is 4.98 Å². The second-order valence-electron chi connectivity index (χ2n) is 8.82. The summed E-state index contributed by atoms with van der Waals surface area (Å²) in [7, 11) is 0. The number of fused-ring (bicyclic) bond motifs is 4. The minimum Gasteiger partial charge on any atom is -0.360 e. The van der Waals surface area contributed by atoms with Crippen molar-refractivity contribution in [3.63, 3.8) is 0 Å².